The molecule has 0 spiro atoms. The predicted molar refractivity (Wildman–Crippen MR) is 273 cm³/mol. The molecule has 0 aromatic heterocycles. The van der Waals surface area contributed by atoms with Gasteiger partial charge in [-0.1, -0.05) is 148 Å². The molecule has 9 rings (SSSR count). The molecule has 2 aliphatic rings. The van der Waals surface area contributed by atoms with Gasteiger partial charge in [-0.2, -0.15) is 0 Å². The van der Waals surface area contributed by atoms with Gasteiger partial charge in [-0.15, -0.1) is 0 Å². The molecule has 2 aliphatic carbocycles. The van der Waals surface area contributed by atoms with Crippen molar-refractivity contribution in [2.45, 2.75) is 100 Å². The van der Waals surface area contributed by atoms with Crippen LogP contribution in [0, 0.1) is 55.4 Å². The van der Waals surface area contributed by atoms with Crippen molar-refractivity contribution in [3.8, 4) is 0 Å². The van der Waals surface area contributed by atoms with Gasteiger partial charge in [0.1, 0.15) is 0 Å². The van der Waals surface area contributed by atoms with E-state index in [9.17, 15) is 0 Å². The number of allylic oxidation sites excluding steroid dienone is 5. The van der Waals surface area contributed by atoms with Crippen molar-refractivity contribution in [1.82, 2.24) is 0 Å². The van der Waals surface area contributed by atoms with Crippen LogP contribution in [0.1, 0.15) is 94.5 Å². The summed E-state index contributed by atoms with van der Waals surface area (Å²) in [6, 6.07) is 46.1. The van der Waals surface area contributed by atoms with Crippen LogP contribution in [-0.4, -0.2) is 0 Å². The van der Waals surface area contributed by atoms with Crippen molar-refractivity contribution >= 4 is 50.5 Å². The minimum atomic E-state index is -0.358. The van der Waals surface area contributed by atoms with Crippen LogP contribution in [0.3, 0.4) is 0 Å². The summed E-state index contributed by atoms with van der Waals surface area (Å²) in [4.78, 5) is 4.98. The highest BCUT2D eigenvalue weighted by Gasteiger charge is 2.42. The molecule has 2 heteroatoms. The largest absolute Gasteiger partial charge is 0.310 e. The molecule has 0 fully saturated rings. The third-order valence-electron chi connectivity index (χ3n) is 14.2. The van der Waals surface area contributed by atoms with Crippen LogP contribution < -0.4 is 9.80 Å². The van der Waals surface area contributed by atoms with Crippen molar-refractivity contribution in [3.05, 3.63) is 218 Å². The van der Waals surface area contributed by atoms with Crippen molar-refractivity contribution in [3.63, 3.8) is 0 Å². The number of anilines is 6. The van der Waals surface area contributed by atoms with E-state index in [2.05, 4.69) is 226 Å². The van der Waals surface area contributed by atoms with E-state index in [4.69, 9.17) is 6.58 Å². The standard InChI is InChI=1S/C61H62N2/c1-37-18-26-54(41(5)30-37)62(55-27-19-38(2)31-42(55)6)47-24-22-46-23-25-51-50(34-45(9)60(10,11)52(46)35-47)59-49-17-15-14-16-48(49)58(36-53(59)61(51,12)13)63(56-28-20-39(3)32-43(56)7)57-29-21-40(4)33-44(57)8/h14-22,24-36H,9,23H2,1-8,10-13H3/b50-34+,51-25+. The molecule has 2 nitrogen and oxygen atoms in total. The molecule has 63 heavy (non-hydrogen) atoms. The number of fused-ring (bicyclic) bond motifs is 6. The maximum Gasteiger partial charge on any atom is 0.0543 e. The number of nitrogens with zero attached hydrogens (tertiary/aromatic N) is 2. The van der Waals surface area contributed by atoms with E-state index in [1.54, 1.807) is 0 Å². The van der Waals surface area contributed by atoms with E-state index in [-0.39, 0.29) is 10.8 Å². The van der Waals surface area contributed by atoms with E-state index in [1.807, 2.05) is 0 Å². The summed E-state index contributed by atoms with van der Waals surface area (Å²) in [5.41, 5.74) is 25.7. The molecule has 7 aromatic rings. The van der Waals surface area contributed by atoms with Crippen LogP contribution in [0.25, 0.3) is 16.3 Å². The Morgan fingerprint density at radius 2 is 0.937 bits per heavy atom. The smallest absolute Gasteiger partial charge is 0.0543 e. The number of benzene rings is 7. The summed E-state index contributed by atoms with van der Waals surface area (Å²) < 4.78 is 0. The summed E-state index contributed by atoms with van der Waals surface area (Å²) in [7, 11) is 0. The van der Waals surface area contributed by atoms with E-state index in [0.717, 1.165) is 17.7 Å². The molecule has 0 saturated carbocycles. The zero-order chi connectivity index (χ0) is 44.7. The Balaban J connectivity index is 1.23. The molecular formula is C61H62N2. The Labute approximate surface area is 377 Å². The number of rotatable bonds is 6. The molecule has 0 N–H and O–H groups in total. The second-order valence-corrected chi connectivity index (χ2v) is 19.7. The fourth-order valence-corrected chi connectivity index (χ4v) is 10.7. The van der Waals surface area contributed by atoms with E-state index < -0.39 is 0 Å². The first-order chi connectivity index (χ1) is 29.9. The monoisotopic (exact) mass is 822 g/mol. The summed E-state index contributed by atoms with van der Waals surface area (Å²) >= 11 is 0. The van der Waals surface area contributed by atoms with Crippen LogP contribution in [0.15, 0.2) is 151 Å². The van der Waals surface area contributed by atoms with Gasteiger partial charge in [-0.25, -0.2) is 0 Å². The highest BCUT2D eigenvalue weighted by Crippen LogP contribution is 2.57. The Kier molecular flexibility index (Phi) is 10.3. The minimum Gasteiger partial charge on any atom is -0.310 e. The Morgan fingerprint density at radius 1 is 0.460 bits per heavy atom. The summed E-state index contributed by atoms with van der Waals surface area (Å²) in [6.07, 6.45) is 5.79. The highest BCUT2D eigenvalue weighted by atomic mass is 15.2. The van der Waals surface area contributed by atoms with Crippen LogP contribution in [0.4, 0.5) is 34.1 Å². The fraction of sp³-hybridized carbons (Fsp3) is 0.246. The normalized spacial score (nSPS) is 16.7. The van der Waals surface area contributed by atoms with E-state index >= 15 is 0 Å². The lowest BCUT2D eigenvalue weighted by Gasteiger charge is -2.33. The van der Waals surface area contributed by atoms with Gasteiger partial charge in [0, 0.05) is 44.7 Å². The number of aryl methyl sites for hydroxylation is 8. The van der Waals surface area contributed by atoms with Gasteiger partial charge in [-0.05, 0) is 171 Å². The first kappa shape index (κ1) is 41.9. The van der Waals surface area contributed by atoms with Crippen LogP contribution in [-0.2, 0) is 17.3 Å². The van der Waals surface area contributed by atoms with E-state index in [0.29, 0.717) is 0 Å². The van der Waals surface area contributed by atoms with Crippen molar-refractivity contribution in [2.75, 3.05) is 9.80 Å². The molecule has 0 bridgehead atoms. The van der Waals surface area contributed by atoms with Gasteiger partial charge in [0.15, 0.2) is 0 Å². The third kappa shape index (κ3) is 7.05. The molecule has 0 aliphatic heterocycles. The first-order valence-electron chi connectivity index (χ1n) is 22.7. The SMILES string of the molecule is C=C1/C=C2\C(=C/Cc3ccc(N(c4ccc(C)cc4C)c4ccc(C)cc4C)cc3C1(C)C)C(C)(C)c1cc(N(c3ccc(C)cc3C)c3ccc(C)cc3C)c3ccccc3c12. The lowest BCUT2D eigenvalue weighted by molar-refractivity contribution is 0.635. The Hall–Kier alpha value is -6.38. The molecule has 7 aromatic carbocycles. The molecule has 0 heterocycles. The molecule has 0 atom stereocenters. The van der Waals surface area contributed by atoms with Gasteiger partial charge < -0.3 is 9.80 Å². The van der Waals surface area contributed by atoms with Crippen molar-refractivity contribution in [2.24, 2.45) is 0 Å². The summed E-state index contributed by atoms with van der Waals surface area (Å²) in [5, 5.41) is 2.51. The second kappa shape index (κ2) is 15.5. The van der Waals surface area contributed by atoms with Gasteiger partial charge in [0.25, 0.3) is 0 Å². The average Bonchev–Trinajstić information content (AvgIpc) is 3.45. The lowest BCUT2D eigenvalue weighted by atomic mass is 9.75. The van der Waals surface area contributed by atoms with Crippen molar-refractivity contribution in [1.29, 1.82) is 0 Å². The Bertz CT molecular complexity index is 2990. The van der Waals surface area contributed by atoms with Gasteiger partial charge in [0.05, 0.1) is 5.69 Å². The minimum absolute atomic E-state index is 0.270. The molecule has 0 saturated heterocycles. The second-order valence-electron chi connectivity index (χ2n) is 19.7. The van der Waals surface area contributed by atoms with Crippen LogP contribution in [0.5, 0.6) is 0 Å². The third-order valence-corrected chi connectivity index (χ3v) is 14.2. The predicted octanol–water partition coefficient (Wildman–Crippen LogP) is 16.9. The molecule has 0 radical (unpaired) electrons. The van der Waals surface area contributed by atoms with Crippen LogP contribution >= 0.6 is 0 Å². The van der Waals surface area contributed by atoms with E-state index in [1.165, 1.54) is 117 Å². The molecular weight excluding hydrogens is 761 g/mol. The lowest BCUT2D eigenvalue weighted by Crippen LogP contribution is -2.22. The molecule has 0 unspecified atom stereocenters. The summed E-state index contributed by atoms with van der Waals surface area (Å²) in [6.45, 7) is 32.2. The average molecular weight is 823 g/mol. The van der Waals surface area contributed by atoms with Gasteiger partial charge >= 0.3 is 0 Å². The topological polar surface area (TPSA) is 6.48 Å². The maximum atomic E-state index is 4.94. The number of hydrogen-bond donors (Lipinski definition) is 0. The quantitative estimate of drug-likeness (QED) is 0.165. The van der Waals surface area contributed by atoms with Gasteiger partial charge in [-0.3, -0.25) is 0 Å². The zero-order valence-electron chi connectivity index (χ0n) is 39.5. The maximum absolute atomic E-state index is 4.94. The zero-order valence-corrected chi connectivity index (χ0v) is 39.5. The fourth-order valence-electron chi connectivity index (χ4n) is 10.7. The molecule has 316 valence electrons. The molecule has 0 amide bonds. The Morgan fingerprint density at radius 3 is 1.43 bits per heavy atom. The summed E-state index contributed by atoms with van der Waals surface area (Å²) in [5.74, 6) is 0. The van der Waals surface area contributed by atoms with Crippen molar-refractivity contribution < 1.29 is 0 Å². The van der Waals surface area contributed by atoms with Gasteiger partial charge in [0.2, 0.25) is 0 Å². The first-order valence-corrected chi connectivity index (χ1v) is 22.7. The highest BCUT2D eigenvalue weighted by molar-refractivity contribution is 6.10. The van der Waals surface area contributed by atoms with Crippen LogP contribution in [0.2, 0.25) is 0 Å². The number of hydrogen-bond acceptors (Lipinski definition) is 2.